The molecule has 154 valence electrons. The van der Waals surface area contributed by atoms with Crippen LogP contribution in [0.5, 0.6) is 11.5 Å². The van der Waals surface area contributed by atoms with E-state index in [2.05, 4.69) is 39.0 Å². The number of hydrogen-bond donors (Lipinski definition) is 3. The standard InChI is InChI=1S/C20H22BrN3O4S/c1-3-4-11-28-17-10-7-14(21)12-16(17)19(26)22-20(29)24-23-18(25)13-5-8-15(27-2)9-6-13/h5-10,12H,3-4,11H2,1-2H3,(H,23,25)(H2,22,24,26,29). The van der Waals surface area contributed by atoms with Crippen LogP contribution in [0.2, 0.25) is 0 Å². The highest BCUT2D eigenvalue weighted by molar-refractivity contribution is 9.10. The van der Waals surface area contributed by atoms with Crippen molar-refractivity contribution < 1.29 is 19.1 Å². The predicted octanol–water partition coefficient (Wildman–Crippen LogP) is 3.59. The smallest absolute Gasteiger partial charge is 0.269 e. The van der Waals surface area contributed by atoms with Crippen molar-refractivity contribution in [2.45, 2.75) is 19.8 Å². The van der Waals surface area contributed by atoms with Gasteiger partial charge in [0.1, 0.15) is 11.5 Å². The molecule has 0 atom stereocenters. The number of thiocarbonyl (C=S) groups is 1. The molecule has 0 fully saturated rings. The molecule has 2 aromatic rings. The Bertz CT molecular complexity index is 875. The van der Waals surface area contributed by atoms with Gasteiger partial charge in [-0.1, -0.05) is 29.3 Å². The van der Waals surface area contributed by atoms with E-state index in [-0.39, 0.29) is 5.11 Å². The largest absolute Gasteiger partial charge is 0.497 e. The van der Waals surface area contributed by atoms with E-state index in [0.717, 1.165) is 17.3 Å². The molecule has 2 aromatic carbocycles. The first-order valence-corrected chi connectivity index (χ1v) is 10.1. The summed E-state index contributed by atoms with van der Waals surface area (Å²) in [6.07, 6.45) is 1.87. The van der Waals surface area contributed by atoms with Crippen LogP contribution in [0.3, 0.4) is 0 Å². The molecule has 9 heteroatoms. The second-order valence-electron chi connectivity index (χ2n) is 5.93. The summed E-state index contributed by atoms with van der Waals surface area (Å²) in [5.41, 5.74) is 5.69. The minimum Gasteiger partial charge on any atom is -0.497 e. The number of rotatable bonds is 7. The van der Waals surface area contributed by atoms with Gasteiger partial charge < -0.3 is 9.47 Å². The maximum Gasteiger partial charge on any atom is 0.269 e. The lowest BCUT2D eigenvalue weighted by atomic mass is 10.2. The first-order chi connectivity index (χ1) is 13.9. The molecule has 2 rings (SSSR count). The summed E-state index contributed by atoms with van der Waals surface area (Å²) in [7, 11) is 1.54. The highest BCUT2D eigenvalue weighted by Crippen LogP contribution is 2.23. The van der Waals surface area contributed by atoms with Crippen LogP contribution in [0, 0.1) is 0 Å². The quantitative estimate of drug-likeness (QED) is 0.319. The van der Waals surface area contributed by atoms with Gasteiger partial charge in [0, 0.05) is 10.0 Å². The lowest BCUT2D eigenvalue weighted by Gasteiger charge is -2.14. The van der Waals surface area contributed by atoms with E-state index < -0.39 is 11.8 Å². The molecule has 0 aliphatic rings. The number of nitrogens with one attached hydrogen (secondary N) is 3. The van der Waals surface area contributed by atoms with Crippen LogP contribution in [0.1, 0.15) is 40.5 Å². The molecule has 0 unspecified atom stereocenters. The van der Waals surface area contributed by atoms with Gasteiger partial charge >= 0.3 is 0 Å². The van der Waals surface area contributed by atoms with Gasteiger partial charge in [-0.3, -0.25) is 25.8 Å². The van der Waals surface area contributed by atoms with Crippen LogP contribution >= 0.6 is 28.1 Å². The monoisotopic (exact) mass is 479 g/mol. The fourth-order valence-corrected chi connectivity index (χ4v) is 2.77. The van der Waals surface area contributed by atoms with Crippen LogP contribution in [0.15, 0.2) is 46.9 Å². The molecule has 3 N–H and O–H groups in total. The molecular weight excluding hydrogens is 458 g/mol. The Balaban J connectivity index is 1.93. The van der Waals surface area contributed by atoms with Crippen LogP contribution in [0.4, 0.5) is 0 Å². The van der Waals surface area contributed by atoms with E-state index in [4.69, 9.17) is 21.7 Å². The maximum atomic E-state index is 12.6. The van der Waals surface area contributed by atoms with Gasteiger partial charge in [-0.2, -0.15) is 0 Å². The van der Waals surface area contributed by atoms with Gasteiger partial charge in [0.05, 0.1) is 19.3 Å². The van der Waals surface area contributed by atoms with E-state index >= 15 is 0 Å². The lowest BCUT2D eigenvalue weighted by molar-refractivity contribution is 0.0933. The van der Waals surface area contributed by atoms with E-state index in [9.17, 15) is 9.59 Å². The van der Waals surface area contributed by atoms with Gasteiger partial charge in [-0.15, -0.1) is 0 Å². The first-order valence-electron chi connectivity index (χ1n) is 8.92. The number of benzene rings is 2. The van der Waals surface area contributed by atoms with Crippen molar-refractivity contribution in [1.82, 2.24) is 16.2 Å². The SMILES string of the molecule is CCCCOc1ccc(Br)cc1C(=O)NC(=S)NNC(=O)c1ccc(OC)cc1. The third kappa shape index (κ3) is 7.03. The molecule has 29 heavy (non-hydrogen) atoms. The molecule has 0 saturated heterocycles. The van der Waals surface area contributed by atoms with Crippen molar-refractivity contribution in [3.8, 4) is 11.5 Å². The summed E-state index contributed by atoms with van der Waals surface area (Å²) in [6, 6.07) is 11.7. The Morgan fingerprint density at radius 1 is 1.07 bits per heavy atom. The van der Waals surface area contributed by atoms with Crippen molar-refractivity contribution in [3.05, 3.63) is 58.1 Å². The van der Waals surface area contributed by atoms with Gasteiger partial charge in [0.15, 0.2) is 5.11 Å². The second-order valence-corrected chi connectivity index (χ2v) is 7.26. The fraction of sp³-hybridized carbons (Fsp3) is 0.250. The number of carbonyl (C=O) groups excluding carboxylic acids is 2. The summed E-state index contributed by atoms with van der Waals surface area (Å²) in [5.74, 6) is 0.247. The first kappa shape index (κ1) is 22.6. The molecular formula is C20H22BrN3O4S. The zero-order chi connectivity index (χ0) is 21.2. The van der Waals surface area contributed by atoms with Crippen molar-refractivity contribution in [3.63, 3.8) is 0 Å². The van der Waals surface area contributed by atoms with Crippen LogP contribution < -0.4 is 25.6 Å². The highest BCUT2D eigenvalue weighted by atomic mass is 79.9. The van der Waals surface area contributed by atoms with E-state index in [1.165, 1.54) is 0 Å². The molecule has 0 bridgehead atoms. The zero-order valence-electron chi connectivity index (χ0n) is 16.1. The topological polar surface area (TPSA) is 88.7 Å². The van der Waals surface area contributed by atoms with Gasteiger partial charge in [0.25, 0.3) is 11.8 Å². The van der Waals surface area contributed by atoms with Crippen molar-refractivity contribution in [1.29, 1.82) is 0 Å². The Morgan fingerprint density at radius 3 is 2.45 bits per heavy atom. The minimum absolute atomic E-state index is 0.0451. The normalized spacial score (nSPS) is 10.0. The average molecular weight is 480 g/mol. The average Bonchev–Trinajstić information content (AvgIpc) is 2.73. The number of methoxy groups -OCH3 is 1. The lowest BCUT2D eigenvalue weighted by Crippen LogP contribution is -2.48. The van der Waals surface area contributed by atoms with Gasteiger partial charge in [-0.25, -0.2) is 0 Å². The molecule has 0 aliphatic heterocycles. The highest BCUT2D eigenvalue weighted by Gasteiger charge is 2.15. The van der Waals surface area contributed by atoms with Crippen LogP contribution in [0.25, 0.3) is 0 Å². The molecule has 0 aromatic heterocycles. The fourth-order valence-electron chi connectivity index (χ4n) is 2.26. The van der Waals surface area contributed by atoms with Crippen LogP contribution in [-0.4, -0.2) is 30.6 Å². The molecule has 2 amide bonds. The van der Waals surface area contributed by atoms with E-state index in [1.807, 2.05) is 0 Å². The Morgan fingerprint density at radius 2 is 1.79 bits per heavy atom. The number of unbranched alkanes of at least 4 members (excludes halogenated alkanes) is 1. The number of amides is 2. The predicted molar refractivity (Wildman–Crippen MR) is 118 cm³/mol. The third-order valence-corrected chi connectivity index (χ3v) is 4.51. The van der Waals surface area contributed by atoms with Crippen molar-refractivity contribution >= 4 is 45.1 Å². The number of halogens is 1. The van der Waals surface area contributed by atoms with Gasteiger partial charge in [0.2, 0.25) is 0 Å². The van der Waals surface area contributed by atoms with Crippen LogP contribution in [-0.2, 0) is 0 Å². The van der Waals surface area contributed by atoms with Crippen molar-refractivity contribution in [2.24, 2.45) is 0 Å². The number of carbonyl (C=O) groups is 2. The third-order valence-electron chi connectivity index (χ3n) is 3.81. The Labute approximate surface area is 183 Å². The molecule has 0 spiro atoms. The van der Waals surface area contributed by atoms with Crippen molar-refractivity contribution in [2.75, 3.05) is 13.7 Å². The summed E-state index contributed by atoms with van der Waals surface area (Å²) in [5, 5.41) is 2.48. The molecule has 0 radical (unpaired) electrons. The van der Waals surface area contributed by atoms with E-state index in [0.29, 0.717) is 29.2 Å². The minimum atomic E-state index is -0.450. The Hall–Kier alpha value is -2.65. The molecule has 0 heterocycles. The maximum absolute atomic E-state index is 12.6. The summed E-state index contributed by atoms with van der Waals surface area (Å²) >= 11 is 8.44. The molecule has 0 aliphatic carbocycles. The molecule has 0 saturated carbocycles. The zero-order valence-corrected chi connectivity index (χ0v) is 18.5. The van der Waals surface area contributed by atoms with Gasteiger partial charge in [-0.05, 0) is 61.1 Å². The second kappa shape index (κ2) is 11.4. The summed E-state index contributed by atoms with van der Waals surface area (Å²) < 4.78 is 11.5. The number of hydrazine groups is 1. The Kier molecular flexibility index (Phi) is 8.88. The number of hydrogen-bond acceptors (Lipinski definition) is 5. The number of ether oxygens (including phenoxy) is 2. The summed E-state index contributed by atoms with van der Waals surface area (Å²) in [4.78, 5) is 24.7. The van der Waals surface area contributed by atoms with E-state index in [1.54, 1.807) is 49.6 Å². The molecule has 7 nitrogen and oxygen atoms in total. The summed E-state index contributed by atoms with van der Waals surface area (Å²) in [6.45, 7) is 2.57.